The quantitative estimate of drug-likeness (QED) is 0.641. The van der Waals surface area contributed by atoms with E-state index in [1.54, 1.807) is 24.3 Å². The summed E-state index contributed by atoms with van der Waals surface area (Å²) in [5.74, 6) is 0.468. The first-order valence-electron chi connectivity index (χ1n) is 9.58. The number of benzene rings is 1. The van der Waals surface area contributed by atoms with Crippen LogP contribution in [0.15, 0.2) is 46.7 Å². The third-order valence-corrected chi connectivity index (χ3v) is 6.99. The van der Waals surface area contributed by atoms with Crippen LogP contribution < -0.4 is 0 Å². The van der Waals surface area contributed by atoms with Gasteiger partial charge in [-0.3, -0.25) is 0 Å². The maximum Gasteiger partial charge on any atom is 0.202 e. The van der Waals surface area contributed by atoms with Gasteiger partial charge in [0.1, 0.15) is 0 Å². The summed E-state index contributed by atoms with van der Waals surface area (Å²) >= 11 is 0. The molecule has 0 unspecified atom stereocenters. The summed E-state index contributed by atoms with van der Waals surface area (Å²) < 4.78 is 25.4. The number of rotatable bonds is 4. The lowest BCUT2D eigenvalue weighted by atomic mass is 9.90. The number of hydrogen-bond donors (Lipinski definition) is 0. The van der Waals surface area contributed by atoms with E-state index in [0.717, 1.165) is 12.8 Å². The first-order valence-corrected chi connectivity index (χ1v) is 11.1. The highest BCUT2D eigenvalue weighted by Crippen LogP contribution is 2.29. The van der Waals surface area contributed by atoms with E-state index in [0.29, 0.717) is 22.1 Å². The van der Waals surface area contributed by atoms with Crippen molar-refractivity contribution in [1.29, 1.82) is 0 Å². The van der Waals surface area contributed by atoms with Gasteiger partial charge < -0.3 is 0 Å². The van der Waals surface area contributed by atoms with Crippen LogP contribution in [0.3, 0.4) is 0 Å². The smallest absolute Gasteiger partial charge is 0.202 e. The average molecular weight is 349 g/mol. The summed E-state index contributed by atoms with van der Waals surface area (Å²) in [5, 5.41) is 0. The lowest BCUT2D eigenvalue weighted by molar-refractivity contribution is 0.395. The van der Waals surface area contributed by atoms with E-state index < -0.39 is 9.84 Å². The predicted octanol–water partition coefficient (Wildman–Crippen LogP) is 6.29. The summed E-state index contributed by atoms with van der Waals surface area (Å²) in [6, 6.07) is 8.73. The largest absolute Gasteiger partial charge is 0.219 e. The molecule has 2 nitrogen and oxygen atoms in total. The van der Waals surface area contributed by atoms with Gasteiger partial charge in [0, 0.05) is 4.91 Å². The van der Waals surface area contributed by atoms with E-state index in [1.807, 2.05) is 6.07 Å². The van der Waals surface area contributed by atoms with Crippen molar-refractivity contribution >= 4 is 9.84 Å². The van der Waals surface area contributed by atoms with Crippen molar-refractivity contribution in [3.05, 3.63) is 41.8 Å². The van der Waals surface area contributed by atoms with Crippen molar-refractivity contribution in [2.75, 3.05) is 0 Å². The molecular formula is C21H32O2S. The van der Waals surface area contributed by atoms with Gasteiger partial charge >= 0.3 is 0 Å². The fourth-order valence-electron chi connectivity index (χ4n) is 3.65. The monoisotopic (exact) mass is 348 g/mol. The maximum absolute atomic E-state index is 12.7. The molecule has 1 aliphatic rings. The van der Waals surface area contributed by atoms with Crippen LogP contribution in [0.5, 0.6) is 0 Å². The maximum atomic E-state index is 12.7. The van der Waals surface area contributed by atoms with Crippen LogP contribution in [0.25, 0.3) is 0 Å². The Hall–Kier alpha value is -1.09. The second-order valence-electron chi connectivity index (χ2n) is 7.18. The van der Waals surface area contributed by atoms with Crippen molar-refractivity contribution in [3.63, 3.8) is 0 Å². The molecule has 0 saturated heterocycles. The van der Waals surface area contributed by atoms with Crippen molar-refractivity contribution in [1.82, 2.24) is 0 Å². The lowest BCUT2D eigenvalue weighted by Crippen LogP contribution is -2.10. The van der Waals surface area contributed by atoms with Crippen LogP contribution in [-0.2, 0) is 9.84 Å². The van der Waals surface area contributed by atoms with Crippen LogP contribution in [0.1, 0.15) is 77.0 Å². The van der Waals surface area contributed by atoms with Gasteiger partial charge in [-0.05, 0) is 24.5 Å². The Bertz CT molecular complexity index is 578. The Morgan fingerprint density at radius 2 is 1.29 bits per heavy atom. The highest BCUT2D eigenvalue weighted by molar-refractivity contribution is 7.95. The first kappa shape index (κ1) is 19.2. The number of allylic oxidation sites excluding steroid dienone is 1. The van der Waals surface area contributed by atoms with Crippen molar-refractivity contribution in [3.8, 4) is 0 Å². The van der Waals surface area contributed by atoms with Crippen molar-refractivity contribution < 1.29 is 8.42 Å². The van der Waals surface area contributed by atoms with Crippen LogP contribution in [0, 0.1) is 5.92 Å². The standard InChI is InChI=1S/C21H32O2S/c1-19(24(22,23)21-16-12-9-13-17-21)18-20-14-10-7-5-3-2-4-6-8-11-15-20/h9,12-13,16-17,20H,1-8,10-11,14-15,18H2. The zero-order valence-electron chi connectivity index (χ0n) is 14.9. The summed E-state index contributed by atoms with van der Waals surface area (Å²) in [4.78, 5) is 0.772. The minimum atomic E-state index is -3.38. The SMILES string of the molecule is C=C(CC1CCCCCCCCCCC1)S(=O)(=O)c1ccccc1. The van der Waals surface area contributed by atoms with E-state index >= 15 is 0 Å². The zero-order valence-corrected chi connectivity index (χ0v) is 15.7. The van der Waals surface area contributed by atoms with E-state index in [4.69, 9.17) is 0 Å². The first-order chi connectivity index (χ1) is 11.6. The van der Waals surface area contributed by atoms with Gasteiger partial charge in [0.2, 0.25) is 9.84 Å². The molecule has 0 heterocycles. The molecule has 0 spiro atoms. The van der Waals surface area contributed by atoms with Gasteiger partial charge in [-0.25, -0.2) is 8.42 Å². The molecule has 134 valence electrons. The molecule has 0 radical (unpaired) electrons. The van der Waals surface area contributed by atoms with Crippen LogP contribution >= 0.6 is 0 Å². The van der Waals surface area contributed by atoms with Gasteiger partial charge in [-0.15, -0.1) is 0 Å². The fraction of sp³-hybridized carbons (Fsp3) is 0.619. The second kappa shape index (κ2) is 10.0. The molecule has 0 bridgehead atoms. The van der Waals surface area contributed by atoms with E-state index in [1.165, 1.54) is 57.8 Å². The summed E-state index contributed by atoms with van der Waals surface area (Å²) in [6.45, 7) is 3.94. The molecule has 24 heavy (non-hydrogen) atoms. The van der Waals surface area contributed by atoms with E-state index in [-0.39, 0.29) is 0 Å². The molecule has 0 atom stereocenters. The Balaban J connectivity index is 1.96. The minimum absolute atomic E-state index is 0.378. The fourth-order valence-corrected chi connectivity index (χ4v) is 4.95. The molecule has 1 saturated carbocycles. The van der Waals surface area contributed by atoms with Crippen molar-refractivity contribution in [2.24, 2.45) is 5.92 Å². The Kier molecular flexibility index (Phi) is 8.04. The van der Waals surface area contributed by atoms with E-state index in [2.05, 4.69) is 6.58 Å². The molecule has 0 aliphatic heterocycles. The Labute approximate surface area is 148 Å². The summed E-state index contributed by atoms with van der Waals surface area (Å²) in [6.07, 6.45) is 14.7. The second-order valence-corrected chi connectivity index (χ2v) is 9.24. The molecule has 1 aliphatic carbocycles. The number of sulfone groups is 1. The summed E-state index contributed by atoms with van der Waals surface area (Å²) in [7, 11) is -3.38. The summed E-state index contributed by atoms with van der Waals surface area (Å²) in [5.41, 5.74) is 0. The third-order valence-electron chi connectivity index (χ3n) is 5.17. The molecular weight excluding hydrogens is 316 g/mol. The number of hydrogen-bond acceptors (Lipinski definition) is 2. The normalized spacial score (nSPS) is 19.2. The molecule has 1 aromatic rings. The van der Waals surface area contributed by atoms with Crippen LogP contribution in [0.4, 0.5) is 0 Å². The predicted molar refractivity (Wildman–Crippen MR) is 102 cm³/mol. The van der Waals surface area contributed by atoms with Gasteiger partial charge in [-0.2, -0.15) is 0 Å². The lowest BCUT2D eigenvalue weighted by Gasteiger charge is -2.19. The molecule has 1 aromatic carbocycles. The van der Waals surface area contributed by atoms with Gasteiger partial charge in [0.05, 0.1) is 4.90 Å². The van der Waals surface area contributed by atoms with Crippen LogP contribution in [-0.4, -0.2) is 8.42 Å². The molecule has 0 N–H and O–H groups in total. The van der Waals surface area contributed by atoms with Gasteiger partial charge in [0.15, 0.2) is 0 Å². The molecule has 3 heteroatoms. The van der Waals surface area contributed by atoms with Crippen LogP contribution in [0.2, 0.25) is 0 Å². The highest BCUT2D eigenvalue weighted by atomic mass is 32.2. The molecule has 2 rings (SSSR count). The van der Waals surface area contributed by atoms with Crippen molar-refractivity contribution in [2.45, 2.75) is 81.9 Å². The van der Waals surface area contributed by atoms with Gasteiger partial charge in [-0.1, -0.05) is 95.4 Å². The molecule has 1 fully saturated rings. The third kappa shape index (κ3) is 6.08. The average Bonchev–Trinajstić information content (AvgIpc) is 2.58. The topological polar surface area (TPSA) is 34.1 Å². The molecule has 0 amide bonds. The molecule has 0 aromatic heterocycles. The highest BCUT2D eigenvalue weighted by Gasteiger charge is 2.22. The van der Waals surface area contributed by atoms with E-state index in [9.17, 15) is 8.42 Å². The minimum Gasteiger partial charge on any atom is -0.219 e. The van der Waals surface area contributed by atoms with Gasteiger partial charge in [0.25, 0.3) is 0 Å². The zero-order chi connectivity index (χ0) is 17.3. The Morgan fingerprint density at radius 3 is 1.79 bits per heavy atom. The Morgan fingerprint density at radius 1 is 0.833 bits per heavy atom.